The number of rotatable bonds is 10. The van der Waals surface area contributed by atoms with E-state index in [2.05, 4.69) is 82.9 Å². The number of anilines is 1. The molecule has 6 heteroatoms. The van der Waals surface area contributed by atoms with Crippen molar-refractivity contribution in [3.8, 4) is 16.9 Å². The van der Waals surface area contributed by atoms with Crippen LogP contribution < -0.4 is 15.4 Å². The summed E-state index contributed by atoms with van der Waals surface area (Å²) in [6.45, 7) is 6.70. The summed E-state index contributed by atoms with van der Waals surface area (Å²) in [7, 11) is 0. The van der Waals surface area contributed by atoms with Crippen molar-refractivity contribution in [1.82, 2.24) is 15.2 Å². The third kappa shape index (κ3) is 7.74. The van der Waals surface area contributed by atoms with Gasteiger partial charge in [-0.25, -0.2) is 4.79 Å². The molecule has 1 aliphatic rings. The largest absolute Gasteiger partial charge is 0.493 e. The van der Waals surface area contributed by atoms with E-state index in [0.29, 0.717) is 30.9 Å². The molecule has 1 aliphatic heterocycles. The molecule has 41 heavy (non-hydrogen) atoms. The van der Waals surface area contributed by atoms with Gasteiger partial charge in [-0.2, -0.15) is 0 Å². The van der Waals surface area contributed by atoms with Gasteiger partial charge >= 0.3 is 6.03 Å². The fraction of sp³-hybridized carbons (Fsp3) is 0.314. The van der Waals surface area contributed by atoms with Gasteiger partial charge in [-0.3, -0.25) is 9.88 Å². The Morgan fingerprint density at radius 1 is 0.878 bits per heavy atom. The van der Waals surface area contributed by atoms with Crippen molar-refractivity contribution in [3.05, 3.63) is 114 Å². The van der Waals surface area contributed by atoms with Gasteiger partial charge in [0, 0.05) is 49.7 Å². The Morgan fingerprint density at radius 2 is 1.56 bits per heavy atom. The number of likely N-dealkylation sites (tertiary alicyclic amines) is 1. The number of pyridine rings is 1. The van der Waals surface area contributed by atoms with Gasteiger partial charge in [0.05, 0.1) is 6.61 Å². The van der Waals surface area contributed by atoms with Crippen molar-refractivity contribution >= 4 is 11.7 Å². The number of aromatic nitrogens is 1. The van der Waals surface area contributed by atoms with Gasteiger partial charge in [0.2, 0.25) is 0 Å². The molecule has 4 aromatic rings. The predicted octanol–water partition coefficient (Wildman–Crippen LogP) is 7.45. The Balaban J connectivity index is 1.17. The van der Waals surface area contributed by atoms with Gasteiger partial charge in [-0.05, 0) is 84.8 Å². The number of benzene rings is 3. The molecule has 212 valence electrons. The number of nitrogens with one attached hydrogen (secondary N) is 2. The SMILES string of the molecule is C[C@@H]1CCC[C@H](C)N1Cc1ccccc1-c1ccccc1CCOc1ccc(NC(=O)NCc2cccnc2)cc1. The molecule has 0 unspecified atom stereocenters. The Labute approximate surface area is 243 Å². The fourth-order valence-electron chi connectivity index (χ4n) is 5.68. The van der Waals surface area contributed by atoms with Crippen LogP contribution in [0.25, 0.3) is 11.1 Å². The number of urea groups is 1. The lowest BCUT2D eigenvalue weighted by atomic mass is 9.92. The highest BCUT2D eigenvalue weighted by Crippen LogP contribution is 2.31. The third-order valence-corrected chi connectivity index (χ3v) is 7.98. The summed E-state index contributed by atoms with van der Waals surface area (Å²) < 4.78 is 6.10. The molecule has 2 N–H and O–H groups in total. The van der Waals surface area contributed by atoms with E-state index >= 15 is 0 Å². The minimum atomic E-state index is -0.261. The normalized spacial score (nSPS) is 17.1. The first-order valence-electron chi connectivity index (χ1n) is 14.7. The highest BCUT2D eigenvalue weighted by molar-refractivity contribution is 5.89. The Morgan fingerprint density at radius 3 is 2.27 bits per heavy atom. The zero-order valence-corrected chi connectivity index (χ0v) is 24.1. The van der Waals surface area contributed by atoms with Gasteiger partial charge in [-0.1, -0.05) is 61.0 Å². The Kier molecular flexibility index (Phi) is 9.65. The number of hydrogen-bond donors (Lipinski definition) is 2. The topological polar surface area (TPSA) is 66.5 Å². The molecule has 3 aromatic carbocycles. The van der Waals surface area contributed by atoms with Gasteiger partial charge in [0.25, 0.3) is 0 Å². The molecule has 2 heterocycles. The zero-order chi connectivity index (χ0) is 28.4. The molecule has 5 rings (SSSR count). The van der Waals surface area contributed by atoms with E-state index < -0.39 is 0 Å². The summed E-state index contributed by atoms with van der Waals surface area (Å²) in [5, 5.41) is 5.70. The number of carbonyl (C=O) groups is 1. The maximum atomic E-state index is 12.2. The van der Waals surface area contributed by atoms with Crippen LogP contribution in [0.4, 0.5) is 10.5 Å². The average Bonchev–Trinajstić information content (AvgIpc) is 3.00. The molecule has 1 saturated heterocycles. The first kappa shape index (κ1) is 28.4. The van der Waals surface area contributed by atoms with Crippen molar-refractivity contribution in [1.29, 1.82) is 0 Å². The van der Waals surface area contributed by atoms with E-state index in [9.17, 15) is 4.79 Å². The molecule has 0 aliphatic carbocycles. The number of amides is 2. The maximum absolute atomic E-state index is 12.2. The molecule has 0 saturated carbocycles. The van der Waals surface area contributed by atoms with E-state index in [-0.39, 0.29) is 6.03 Å². The number of carbonyl (C=O) groups excluding carboxylic acids is 1. The van der Waals surface area contributed by atoms with Crippen LogP contribution in [0.15, 0.2) is 97.3 Å². The van der Waals surface area contributed by atoms with Crippen molar-refractivity contribution < 1.29 is 9.53 Å². The average molecular weight is 549 g/mol. The molecule has 1 fully saturated rings. The molecular weight excluding hydrogens is 508 g/mol. The molecule has 0 radical (unpaired) electrons. The maximum Gasteiger partial charge on any atom is 0.319 e. The number of hydrogen-bond acceptors (Lipinski definition) is 4. The standard InChI is InChI=1S/C35H40N4O2/c1-26-9-7-10-27(2)39(26)25-30-13-4-6-15-34(30)33-14-5-3-12-29(33)20-22-41-32-18-16-31(17-19-32)38-35(40)37-24-28-11-8-21-36-23-28/h3-6,8,11-19,21,23,26-27H,7,9-10,20,22,24-25H2,1-2H3,(H2,37,38,40)/t26-,27+. The second-order valence-electron chi connectivity index (χ2n) is 10.9. The van der Waals surface area contributed by atoms with Crippen molar-refractivity contribution in [2.75, 3.05) is 11.9 Å². The molecule has 1 aromatic heterocycles. The first-order valence-corrected chi connectivity index (χ1v) is 14.7. The summed E-state index contributed by atoms with van der Waals surface area (Å²) in [6, 6.07) is 29.7. The smallest absolute Gasteiger partial charge is 0.319 e. The van der Waals surface area contributed by atoms with Crippen LogP contribution in [0, 0.1) is 0 Å². The van der Waals surface area contributed by atoms with E-state index in [0.717, 1.165) is 24.3 Å². The number of piperidine rings is 1. The monoisotopic (exact) mass is 548 g/mol. The Bertz CT molecular complexity index is 1400. The highest BCUT2D eigenvalue weighted by atomic mass is 16.5. The zero-order valence-electron chi connectivity index (χ0n) is 24.1. The number of ether oxygens (including phenoxy) is 1. The quantitative estimate of drug-likeness (QED) is 0.216. The molecule has 0 spiro atoms. The lowest BCUT2D eigenvalue weighted by Gasteiger charge is -2.39. The van der Waals surface area contributed by atoms with E-state index in [1.807, 2.05) is 36.4 Å². The van der Waals surface area contributed by atoms with Crippen LogP contribution in [-0.2, 0) is 19.5 Å². The number of nitrogens with zero attached hydrogens (tertiary/aromatic N) is 2. The van der Waals surface area contributed by atoms with Gasteiger partial charge in [0.1, 0.15) is 5.75 Å². The van der Waals surface area contributed by atoms with Gasteiger partial charge in [0.15, 0.2) is 0 Å². The van der Waals surface area contributed by atoms with Gasteiger partial charge < -0.3 is 15.4 Å². The molecular formula is C35H40N4O2. The summed E-state index contributed by atoms with van der Waals surface area (Å²) in [5.41, 5.74) is 6.91. The summed E-state index contributed by atoms with van der Waals surface area (Å²) in [5.74, 6) is 0.775. The van der Waals surface area contributed by atoms with Gasteiger partial charge in [-0.15, -0.1) is 0 Å². The van der Waals surface area contributed by atoms with Crippen molar-refractivity contribution in [3.63, 3.8) is 0 Å². The minimum absolute atomic E-state index is 0.261. The second kappa shape index (κ2) is 14.0. The van der Waals surface area contributed by atoms with Crippen LogP contribution in [-0.4, -0.2) is 34.6 Å². The minimum Gasteiger partial charge on any atom is -0.493 e. The Hall–Kier alpha value is -4.16. The summed E-state index contributed by atoms with van der Waals surface area (Å²) >= 11 is 0. The predicted molar refractivity (Wildman–Crippen MR) is 166 cm³/mol. The lowest BCUT2D eigenvalue weighted by Crippen LogP contribution is -2.43. The van der Waals surface area contributed by atoms with E-state index in [1.54, 1.807) is 12.4 Å². The molecule has 2 amide bonds. The molecule has 0 bridgehead atoms. The third-order valence-electron chi connectivity index (χ3n) is 7.98. The summed E-state index contributed by atoms with van der Waals surface area (Å²) in [6.07, 6.45) is 8.12. The van der Waals surface area contributed by atoms with Crippen LogP contribution in [0.5, 0.6) is 5.75 Å². The summed E-state index contributed by atoms with van der Waals surface area (Å²) in [4.78, 5) is 19.0. The fourth-order valence-corrected chi connectivity index (χ4v) is 5.68. The van der Waals surface area contributed by atoms with Crippen molar-refractivity contribution in [2.45, 2.75) is 64.7 Å². The van der Waals surface area contributed by atoms with Crippen LogP contribution >= 0.6 is 0 Å². The first-order chi connectivity index (χ1) is 20.1. The molecule has 6 nitrogen and oxygen atoms in total. The van der Waals surface area contributed by atoms with Crippen LogP contribution in [0.2, 0.25) is 0 Å². The van der Waals surface area contributed by atoms with Crippen molar-refractivity contribution in [2.24, 2.45) is 0 Å². The second-order valence-corrected chi connectivity index (χ2v) is 10.9. The van der Waals surface area contributed by atoms with E-state index in [1.165, 1.54) is 41.5 Å². The highest BCUT2D eigenvalue weighted by Gasteiger charge is 2.25. The molecule has 2 atom stereocenters. The van der Waals surface area contributed by atoms with E-state index in [4.69, 9.17) is 4.74 Å². The van der Waals surface area contributed by atoms with Crippen LogP contribution in [0.3, 0.4) is 0 Å². The lowest BCUT2D eigenvalue weighted by molar-refractivity contribution is 0.0954. The van der Waals surface area contributed by atoms with Crippen LogP contribution in [0.1, 0.15) is 49.8 Å².